The van der Waals surface area contributed by atoms with Crippen molar-refractivity contribution in [3.8, 4) is 0 Å². The second-order valence-electron chi connectivity index (χ2n) is 8.36. The first-order chi connectivity index (χ1) is 13.1. The Balaban J connectivity index is 2.03. The molecule has 0 spiro atoms. The van der Waals surface area contributed by atoms with Crippen molar-refractivity contribution in [3.63, 3.8) is 0 Å². The molecule has 2 heterocycles. The number of tetrazole rings is 1. The van der Waals surface area contributed by atoms with Crippen LogP contribution in [0, 0.1) is 5.92 Å². The predicted molar refractivity (Wildman–Crippen MR) is 101 cm³/mol. The maximum atomic E-state index is 13.0. The van der Waals surface area contributed by atoms with Crippen LogP contribution in [0.5, 0.6) is 0 Å². The van der Waals surface area contributed by atoms with Crippen LogP contribution in [0.25, 0.3) is 0 Å². The first-order valence-corrected chi connectivity index (χ1v) is 9.83. The lowest BCUT2D eigenvalue weighted by molar-refractivity contribution is -0.137. The number of hydrogen-bond acceptors (Lipinski definition) is 4. The van der Waals surface area contributed by atoms with E-state index < -0.39 is 11.7 Å². The van der Waals surface area contributed by atoms with E-state index in [1.165, 1.54) is 0 Å². The average molecular weight is 395 g/mol. The Labute approximate surface area is 163 Å². The van der Waals surface area contributed by atoms with Crippen LogP contribution < -0.4 is 0 Å². The molecule has 1 fully saturated rings. The summed E-state index contributed by atoms with van der Waals surface area (Å²) in [5.74, 6) is 1.33. The minimum atomic E-state index is -4.35. The molecule has 2 aromatic rings. The zero-order valence-corrected chi connectivity index (χ0v) is 16.9. The molecule has 1 saturated heterocycles. The Kier molecular flexibility index (Phi) is 5.79. The second-order valence-corrected chi connectivity index (χ2v) is 8.36. The van der Waals surface area contributed by atoms with E-state index in [4.69, 9.17) is 0 Å². The third-order valence-corrected chi connectivity index (χ3v) is 5.91. The maximum Gasteiger partial charge on any atom is 0.416 e. The number of halogens is 3. The van der Waals surface area contributed by atoms with Crippen molar-refractivity contribution in [1.29, 1.82) is 0 Å². The molecule has 0 aliphatic carbocycles. The highest BCUT2D eigenvalue weighted by Crippen LogP contribution is 2.35. The Hall–Kier alpha value is -1.96. The third kappa shape index (κ3) is 4.21. The minimum absolute atomic E-state index is 0.268. The molecular formula is C20H28F3N5. The number of rotatable bonds is 5. The Morgan fingerprint density at radius 1 is 1.11 bits per heavy atom. The molecule has 0 radical (unpaired) electrons. The molecule has 5 nitrogen and oxygen atoms in total. The topological polar surface area (TPSA) is 46.8 Å². The van der Waals surface area contributed by atoms with Crippen molar-refractivity contribution in [2.24, 2.45) is 5.92 Å². The number of aromatic nitrogens is 4. The van der Waals surface area contributed by atoms with Gasteiger partial charge in [0.2, 0.25) is 0 Å². The molecule has 1 aromatic carbocycles. The van der Waals surface area contributed by atoms with Crippen LogP contribution in [0.1, 0.15) is 70.0 Å². The molecule has 1 aliphatic rings. The molecule has 154 valence electrons. The van der Waals surface area contributed by atoms with Gasteiger partial charge in [0.25, 0.3) is 0 Å². The quantitative estimate of drug-likeness (QED) is 0.739. The lowest BCUT2D eigenvalue weighted by Gasteiger charge is -2.37. The van der Waals surface area contributed by atoms with Gasteiger partial charge in [-0.2, -0.15) is 13.2 Å². The molecule has 0 N–H and O–H groups in total. The van der Waals surface area contributed by atoms with Gasteiger partial charge in [-0.3, -0.25) is 4.90 Å². The standard InChI is InChI=1S/C20H28F3N5/c1-5-19(3,4)28-18(24-25-26-28)17(27-12-10-14(2)11-13-27)15-6-8-16(9-7-15)20(21,22)23/h6-9,14,17H,5,10-13H2,1-4H3/t17-/m1/s1. The number of hydrogen-bond donors (Lipinski definition) is 0. The highest BCUT2D eigenvalue weighted by atomic mass is 19.4. The van der Waals surface area contributed by atoms with Gasteiger partial charge in [-0.15, -0.1) is 5.10 Å². The highest BCUT2D eigenvalue weighted by Gasteiger charge is 2.35. The molecule has 8 heteroatoms. The summed E-state index contributed by atoms with van der Waals surface area (Å²) >= 11 is 0. The summed E-state index contributed by atoms with van der Waals surface area (Å²) in [5.41, 5.74) is -0.146. The van der Waals surface area contributed by atoms with Crippen molar-refractivity contribution in [3.05, 3.63) is 41.2 Å². The van der Waals surface area contributed by atoms with E-state index in [9.17, 15) is 13.2 Å². The smallest absolute Gasteiger partial charge is 0.290 e. The lowest BCUT2D eigenvalue weighted by Crippen LogP contribution is -2.40. The van der Waals surface area contributed by atoms with E-state index in [0.717, 1.165) is 50.0 Å². The SMILES string of the molecule is CCC(C)(C)n1nnnc1[C@@H](c1ccc(C(F)(F)F)cc1)N1CCC(C)CC1. The van der Waals surface area contributed by atoms with Crippen molar-refractivity contribution in [1.82, 2.24) is 25.1 Å². The zero-order valence-electron chi connectivity index (χ0n) is 16.9. The molecule has 1 aromatic heterocycles. The van der Waals surface area contributed by atoms with Gasteiger partial charge in [0.1, 0.15) is 0 Å². The zero-order chi connectivity index (χ0) is 20.5. The van der Waals surface area contributed by atoms with Gasteiger partial charge in [-0.1, -0.05) is 26.0 Å². The van der Waals surface area contributed by atoms with Crippen LogP contribution in [0.15, 0.2) is 24.3 Å². The fourth-order valence-corrected chi connectivity index (χ4v) is 3.61. The molecule has 28 heavy (non-hydrogen) atoms. The Morgan fingerprint density at radius 2 is 1.71 bits per heavy atom. The monoisotopic (exact) mass is 395 g/mol. The van der Waals surface area contributed by atoms with E-state index in [2.05, 4.69) is 48.1 Å². The minimum Gasteiger partial charge on any atom is -0.290 e. The molecular weight excluding hydrogens is 367 g/mol. The van der Waals surface area contributed by atoms with Crippen LogP contribution in [0.2, 0.25) is 0 Å². The van der Waals surface area contributed by atoms with Gasteiger partial charge >= 0.3 is 6.18 Å². The summed E-state index contributed by atoms with van der Waals surface area (Å²) in [7, 11) is 0. The number of alkyl halides is 3. The molecule has 1 aliphatic heterocycles. The summed E-state index contributed by atoms with van der Waals surface area (Å²) in [6.07, 6.45) is -1.41. The molecule has 0 unspecified atom stereocenters. The number of likely N-dealkylation sites (tertiary alicyclic amines) is 1. The molecule has 0 bridgehead atoms. The van der Waals surface area contributed by atoms with Crippen molar-refractivity contribution in [2.45, 2.75) is 64.7 Å². The van der Waals surface area contributed by atoms with E-state index in [1.54, 1.807) is 12.1 Å². The summed E-state index contributed by atoms with van der Waals surface area (Å²) in [4.78, 5) is 2.29. The summed E-state index contributed by atoms with van der Waals surface area (Å²) in [6.45, 7) is 10.2. The Morgan fingerprint density at radius 3 is 2.25 bits per heavy atom. The van der Waals surface area contributed by atoms with Crippen LogP contribution in [0.3, 0.4) is 0 Å². The highest BCUT2D eigenvalue weighted by molar-refractivity contribution is 5.30. The summed E-state index contributed by atoms with van der Waals surface area (Å²) < 4.78 is 40.9. The van der Waals surface area contributed by atoms with Gasteiger partial charge in [-0.05, 0) is 80.2 Å². The average Bonchev–Trinajstić information content (AvgIpc) is 3.13. The van der Waals surface area contributed by atoms with E-state index in [-0.39, 0.29) is 11.6 Å². The van der Waals surface area contributed by atoms with Crippen LogP contribution in [-0.4, -0.2) is 38.2 Å². The van der Waals surface area contributed by atoms with E-state index in [1.807, 2.05) is 4.68 Å². The molecule has 0 amide bonds. The van der Waals surface area contributed by atoms with E-state index in [0.29, 0.717) is 11.7 Å². The molecule has 0 saturated carbocycles. The van der Waals surface area contributed by atoms with Gasteiger partial charge in [0.15, 0.2) is 5.82 Å². The summed E-state index contributed by atoms with van der Waals surface area (Å²) in [6, 6.07) is 5.14. The van der Waals surface area contributed by atoms with Crippen molar-refractivity contribution in [2.75, 3.05) is 13.1 Å². The number of piperidine rings is 1. The number of nitrogens with zero attached hydrogens (tertiary/aromatic N) is 5. The Bertz CT molecular complexity index is 774. The van der Waals surface area contributed by atoms with Crippen LogP contribution in [-0.2, 0) is 11.7 Å². The first-order valence-electron chi connectivity index (χ1n) is 9.83. The maximum absolute atomic E-state index is 13.0. The lowest BCUT2D eigenvalue weighted by atomic mass is 9.94. The number of benzene rings is 1. The van der Waals surface area contributed by atoms with Crippen LogP contribution in [0.4, 0.5) is 13.2 Å². The normalized spacial score (nSPS) is 18.4. The molecule has 1 atom stereocenters. The summed E-state index contributed by atoms with van der Waals surface area (Å²) in [5, 5.41) is 12.4. The predicted octanol–water partition coefficient (Wildman–Crippen LogP) is 4.66. The van der Waals surface area contributed by atoms with Crippen molar-refractivity contribution < 1.29 is 13.2 Å². The van der Waals surface area contributed by atoms with Gasteiger partial charge in [0, 0.05) is 0 Å². The van der Waals surface area contributed by atoms with Gasteiger partial charge < -0.3 is 0 Å². The fraction of sp³-hybridized carbons (Fsp3) is 0.650. The third-order valence-electron chi connectivity index (χ3n) is 5.91. The largest absolute Gasteiger partial charge is 0.416 e. The fourth-order valence-electron chi connectivity index (χ4n) is 3.61. The van der Waals surface area contributed by atoms with E-state index >= 15 is 0 Å². The van der Waals surface area contributed by atoms with Gasteiger partial charge in [-0.25, -0.2) is 4.68 Å². The second kappa shape index (κ2) is 7.81. The van der Waals surface area contributed by atoms with Crippen molar-refractivity contribution >= 4 is 0 Å². The molecule has 3 rings (SSSR count). The van der Waals surface area contributed by atoms with Crippen LogP contribution >= 0.6 is 0 Å². The first kappa shape index (κ1) is 20.8. The van der Waals surface area contributed by atoms with Gasteiger partial charge in [0.05, 0.1) is 17.1 Å².